The first kappa shape index (κ1) is 20.6. The Morgan fingerprint density at radius 2 is 1.90 bits per heavy atom. The average molecular weight is 389 g/mol. The van der Waals surface area contributed by atoms with Gasteiger partial charge in [0.2, 0.25) is 0 Å². The molecule has 2 heterocycles. The van der Waals surface area contributed by atoms with E-state index in [0.717, 1.165) is 34.5 Å². The van der Waals surface area contributed by atoms with Gasteiger partial charge in [-0.25, -0.2) is 9.97 Å². The molecule has 0 aliphatic heterocycles. The second kappa shape index (κ2) is 8.95. The van der Waals surface area contributed by atoms with E-state index in [-0.39, 0.29) is 11.3 Å². The lowest BCUT2D eigenvalue weighted by Gasteiger charge is -2.18. The van der Waals surface area contributed by atoms with Crippen molar-refractivity contribution in [2.75, 3.05) is 6.54 Å². The molecule has 0 spiro atoms. The summed E-state index contributed by atoms with van der Waals surface area (Å²) in [7, 11) is 0. The second-order valence-corrected chi connectivity index (χ2v) is 8.48. The quantitative estimate of drug-likeness (QED) is 0.670. The maximum absolute atomic E-state index is 12.6. The first-order valence-corrected chi connectivity index (χ1v) is 9.91. The Hall–Kier alpha value is -3.08. The van der Waals surface area contributed by atoms with Crippen LogP contribution in [-0.2, 0) is 6.42 Å². The Labute approximate surface area is 172 Å². The molecule has 3 rings (SSSR count). The third-order valence-electron chi connectivity index (χ3n) is 4.88. The Bertz CT molecular complexity index is 978. The van der Waals surface area contributed by atoms with Gasteiger partial charge in [-0.3, -0.25) is 9.78 Å². The molecule has 2 aromatic heterocycles. The van der Waals surface area contributed by atoms with Crippen LogP contribution in [-0.4, -0.2) is 27.4 Å². The Balaban J connectivity index is 1.81. The predicted molar refractivity (Wildman–Crippen MR) is 116 cm³/mol. The summed E-state index contributed by atoms with van der Waals surface area (Å²) in [6.07, 6.45) is 6.63. The summed E-state index contributed by atoms with van der Waals surface area (Å²) in [5.74, 6) is -0.0347. The number of nitrogens with zero attached hydrogens (tertiary/aromatic N) is 3. The molecule has 5 nitrogen and oxygen atoms in total. The van der Waals surface area contributed by atoms with Crippen LogP contribution in [0, 0.1) is 12.3 Å². The number of aryl methyl sites for hydroxylation is 1. The van der Waals surface area contributed by atoms with Crippen molar-refractivity contribution >= 4 is 5.91 Å². The zero-order valence-corrected chi connectivity index (χ0v) is 17.6. The normalized spacial score (nSPS) is 11.3. The number of aromatic nitrogens is 3. The lowest BCUT2D eigenvalue weighted by molar-refractivity contribution is 0.0949. The minimum atomic E-state index is -0.0347. The molecule has 0 radical (unpaired) electrons. The van der Waals surface area contributed by atoms with Crippen molar-refractivity contribution in [3.63, 3.8) is 0 Å². The first-order valence-electron chi connectivity index (χ1n) is 9.91. The number of carbonyl (C=O) groups excluding carboxylic acids is 1. The standard InChI is InChI=1S/C24H28N4O/c1-17-7-8-18(23(29)27-13-10-24(2,3)4)14-19(17)15-22-20(6-5-11-26-22)21-9-12-25-16-28-21/h5-9,11-12,14,16H,10,13,15H2,1-4H3,(H,27,29). The Morgan fingerprint density at radius 3 is 2.62 bits per heavy atom. The van der Waals surface area contributed by atoms with E-state index in [1.165, 1.54) is 0 Å². The van der Waals surface area contributed by atoms with Crippen LogP contribution in [0.25, 0.3) is 11.3 Å². The van der Waals surface area contributed by atoms with Gasteiger partial charge in [-0.1, -0.05) is 26.8 Å². The summed E-state index contributed by atoms with van der Waals surface area (Å²) in [6, 6.07) is 11.7. The van der Waals surface area contributed by atoms with Gasteiger partial charge in [-0.05, 0) is 60.2 Å². The molecule has 0 fully saturated rings. The molecular weight excluding hydrogens is 360 g/mol. The van der Waals surface area contributed by atoms with Crippen molar-refractivity contribution in [2.24, 2.45) is 5.41 Å². The van der Waals surface area contributed by atoms with Gasteiger partial charge >= 0.3 is 0 Å². The number of hydrogen-bond acceptors (Lipinski definition) is 4. The molecule has 1 N–H and O–H groups in total. The van der Waals surface area contributed by atoms with Crippen LogP contribution in [0.15, 0.2) is 55.1 Å². The van der Waals surface area contributed by atoms with Gasteiger partial charge in [0.15, 0.2) is 0 Å². The van der Waals surface area contributed by atoms with Crippen LogP contribution in [0.4, 0.5) is 0 Å². The van der Waals surface area contributed by atoms with Crippen LogP contribution in [0.2, 0.25) is 0 Å². The zero-order chi connectivity index (χ0) is 20.9. The molecule has 0 bridgehead atoms. The fraction of sp³-hybridized carbons (Fsp3) is 0.333. The van der Waals surface area contributed by atoms with Crippen LogP contribution in [0.5, 0.6) is 0 Å². The Kier molecular flexibility index (Phi) is 6.37. The SMILES string of the molecule is Cc1ccc(C(=O)NCCC(C)(C)C)cc1Cc1ncccc1-c1ccncn1. The number of hydrogen-bond donors (Lipinski definition) is 1. The van der Waals surface area contributed by atoms with E-state index >= 15 is 0 Å². The van der Waals surface area contributed by atoms with Gasteiger partial charge < -0.3 is 5.32 Å². The van der Waals surface area contributed by atoms with Gasteiger partial charge in [0.05, 0.1) is 11.4 Å². The fourth-order valence-electron chi connectivity index (χ4n) is 3.10. The van der Waals surface area contributed by atoms with Crippen molar-refractivity contribution in [1.29, 1.82) is 0 Å². The van der Waals surface area contributed by atoms with E-state index in [1.807, 2.05) is 36.4 Å². The van der Waals surface area contributed by atoms with E-state index in [1.54, 1.807) is 18.7 Å². The highest BCUT2D eigenvalue weighted by molar-refractivity contribution is 5.94. The van der Waals surface area contributed by atoms with Crippen molar-refractivity contribution in [1.82, 2.24) is 20.3 Å². The van der Waals surface area contributed by atoms with Gasteiger partial charge in [-0.15, -0.1) is 0 Å². The summed E-state index contributed by atoms with van der Waals surface area (Å²) in [4.78, 5) is 25.5. The van der Waals surface area contributed by atoms with Crippen molar-refractivity contribution in [2.45, 2.75) is 40.5 Å². The van der Waals surface area contributed by atoms with Crippen LogP contribution in [0.3, 0.4) is 0 Å². The van der Waals surface area contributed by atoms with Crippen molar-refractivity contribution in [3.8, 4) is 11.3 Å². The highest BCUT2D eigenvalue weighted by Crippen LogP contribution is 2.24. The fourth-order valence-corrected chi connectivity index (χ4v) is 3.10. The van der Waals surface area contributed by atoms with E-state index < -0.39 is 0 Å². The minimum Gasteiger partial charge on any atom is -0.352 e. The van der Waals surface area contributed by atoms with Gasteiger partial charge in [0, 0.05) is 36.5 Å². The molecule has 3 aromatic rings. The topological polar surface area (TPSA) is 67.8 Å². The molecule has 29 heavy (non-hydrogen) atoms. The largest absolute Gasteiger partial charge is 0.352 e. The number of pyridine rings is 1. The summed E-state index contributed by atoms with van der Waals surface area (Å²) in [5, 5.41) is 3.03. The number of rotatable bonds is 6. The van der Waals surface area contributed by atoms with Crippen LogP contribution >= 0.6 is 0 Å². The molecule has 1 aromatic carbocycles. The summed E-state index contributed by atoms with van der Waals surface area (Å²) in [5.41, 5.74) is 5.85. The molecule has 0 aliphatic carbocycles. The van der Waals surface area contributed by atoms with Crippen molar-refractivity contribution in [3.05, 3.63) is 77.5 Å². The lowest BCUT2D eigenvalue weighted by atomic mass is 9.92. The lowest BCUT2D eigenvalue weighted by Crippen LogP contribution is -2.27. The van der Waals surface area contributed by atoms with Gasteiger partial charge in [0.25, 0.3) is 5.91 Å². The van der Waals surface area contributed by atoms with E-state index in [9.17, 15) is 4.79 Å². The van der Waals surface area contributed by atoms with Gasteiger partial charge in [0.1, 0.15) is 6.33 Å². The van der Waals surface area contributed by atoms with E-state index in [4.69, 9.17) is 0 Å². The monoisotopic (exact) mass is 388 g/mol. The van der Waals surface area contributed by atoms with E-state index in [0.29, 0.717) is 18.5 Å². The summed E-state index contributed by atoms with van der Waals surface area (Å²) in [6.45, 7) is 9.25. The number of benzene rings is 1. The minimum absolute atomic E-state index is 0.0347. The average Bonchev–Trinajstić information content (AvgIpc) is 2.69. The second-order valence-electron chi connectivity index (χ2n) is 8.48. The maximum atomic E-state index is 12.6. The highest BCUT2D eigenvalue weighted by Gasteiger charge is 2.14. The highest BCUT2D eigenvalue weighted by atomic mass is 16.1. The number of carbonyl (C=O) groups is 1. The third kappa shape index (κ3) is 5.70. The molecule has 0 atom stereocenters. The van der Waals surface area contributed by atoms with Crippen LogP contribution < -0.4 is 5.32 Å². The number of nitrogens with one attached hydrogen (secondary N) is 1. The molecule has 0 unspecified atom stereocenters. The van der Waals surface area contributed by atoms with Crippen molar-refractivity contribution < 1.29 is 4.79 Å². The smallest absolute Gasteiger partial charge is 0.251 e. The number of amides is 1. The first-order chi connectivity index (χ1) is 13.8. The van der Waals surface area contributed by atoms with E-state index in [2.05, 4.69) is 48.0 Å². The zero-order valence-electron chi connectivity index (χ0n) is 17.6. The molecule has 1 amide bonds. The summed E-state index contributed by atoms with van der Waals surface area (Å²) >= 11 is 0. The molecular formula is C24H28N4O. The molecule has 5 heteroatoms. The molecule has 0 aliphatic rings. The maximum Gasteiger partial charge on any atom is 0.251 e. The third-order valence-corrected chi connectivity index (χ3v) is 4.88. The summed E-state index contributed by atoms with van der Waals surface area (Å²) < 4.78 is 0. The molecule has 0 saturated carbocycles. The Morgan fingerprint density at radius 1 is 1.07 bits per heavy atom. The molecule has 150 valence electrons. The van der Waals surface area contributed by atoms with Gasteiger partial charge in [-0.2, -0.15) is 0 Å². The van der Waals surface area contributed by atoms with Crippen LogP contribution in [0.1, 0.15) is 54.4 Å². The molecule has 0 saturated heterocycles. The predicted octanol–water partition coefficient (Wildman–Crippen LogP) is 4.60.